The molecule has 1 heterocycles. The van der Waals surface area contributed by atoms with Gasteiger partial charge in [0.05, 0.1) is 0 Å². The molecule has 112 valence electrons. The normalized spacial score (nSPS) is 17.2. The Kier molecular flexibility index (Phi) is 9.77. The van der Waals surface area contributed by atoms with E-state index >= 15 is 0 Å². The van der Waals surface area contributed by atoms with Crippen LogP contribution in [0.15, 0.2) is 16.1 Å². The molecule has 21 heavy (non-hydrogen) atoms. The van der Waals surface area contributed by atoms with E-state index in [-0.39, 0.29) is 63.4 Å². The van der Waals surface area contributed by atoms with Crippen molar-refractivity contribution in [3.05, 3.63) is 38.2 Å². The Labute approximate surface area is 172 Å². The number of anilines is 1. The summed E-state index contributed by atoms with van der Waals surface area (Å²) in [6.07, 6.45) is 5.63. The first-order chi connectivity index (χ1) is 8.00. The van der Waals surface area contributed by atoms with Crippen molar-refractivity contribution in [2.24, 2.45) is 0 Å². The van der Waals surface area contributed by atoms with Gasteiger partial charge in [-0.05, 0) is 23.5 Å². The maximum absolute atomic E-state index is 3.76. The van der Waals surface area contributed by atoms with Gasteiger partial charge < -0.3 is 42.1 Å². The van der Waals surface area contributed by atoms with E-state index in [0.29, 0.717) is 6.04 Å². The van der Waals surface area contributed by atoms with E-state index in [4.69, 9.17) is 0 Å². The van der Waals surface area contributed by atoms with E-state index < -0.39 is 0 Å². The van der Waals surface area contributed by atoms with Gasteiger partial charge in [0.2, 0.25) is 0 Å². The average molecular weight is 487 g/mol. The van der Waals surface area contributed by atoms with Crippen molar-refractivity contribution in [2.75, 3.05) is 11.9 Å². The second kappa shape index (κ2) is 8.55. The summed E-state index contributed by atoms with van der Waals surface area (Å²) >= 11 is 3.76. The zero-order chi connectivity index (χ0) is 12.3. The van der Waals surface area contributed by atoms with Crippen molar-refractivity contribution in [2.45, 2.75) is 26.8 Å². The molecule has 0 bridgehead atoms. The third-order valence-corrected chi connectivity index (χ3v) is 4.75. The minimum atomic E-state index is 0. The van der Waals surface area contributed by atoms with Gasteiger partial charge in [-0.25, -0.2) is 0 Å². The smallest absolute Gasteiger partial charge is 1.00 e. The Morgan fingerprint density at radius 2 is 1.76 bits per heavy atom. The Morgan fingerprint density at radius 1 is 1.19 bits per heavy atom. The number of halogens is 4. The molecule has 1 aliphatic carbocycles. The maximum Gasteiger partial charge on any atom is 4.00 e. The fourth-order valence-corrected chi connectivity index (χ4v) is 3.57. The van der Waals surface area contributed by atoms with E-state index in [2.05, 4.69) is 66.9 Å². The van der Waals surface area contributed by atoms with Crippen LogP contribution in [0.2, 0.25) is 0 Å². The fraction of sp³-hybridized carbons (Fsp3) is 0.333. The Bertz CT molecular complexity index is 685. The van der Waals surface area contributed by atoms with E-state index in [1.54, 1.807) is 0 Å². The number of nitrogens with zero attached hydrogens (tertiary/aromatic N) is 1. The molecule has 1 aliphatic heterocycles. The standard InChI is InChI=1S/C15H15BrN.3ClH.Zr/c1-8-5-11-7-13-14(15(16)12(11)6-8)9(2)10(3)17(13)4;;;;/h5,7,10H,1-4H3;3*1H;/q-1;;;;+4/p-3. The summed E-state index contributed by atoms with van der Waals surface area (Å²) in [5.74, 6) is 0. The zero-order valence-corrected chi connectivity index (χ0v) is 18.5. The Hall–Kier alpha value is 0.733. The van der Waals surface area contributed by atoms with Crippen LogP contribution in [0, 0.1) is 6.08 Å². The molecule has 1 nitrogen and oxygen atoms in total. The largest absolute Gasteiger partial charge is 4.00 e. The fourth-order valence-electron chi connectivity index (χ4n) is 2.72. The number of fused-ring (bicyclic) bond motifs is 2. The van der Waals surface area contributed by atoms with Crippen molar-refractivity contribution in [3.8, 4) is 0 Å². The van der Waals surface area contributed by atoms with Crippen molar-refractivity contribution in [1.82, 2.24) is 0 Å². The van der Waals surface area contributed by atoms with Crippen LogP contribution in [-0.4, -0.2) is 13.1 Å². The van der Waals surface area contributed by atoms with Gasteiger partial charge in [0.15, 0.2) is 0 Å². The number of hydrogen-bond donors (Lipinski definition) is 0. The van der Waals surface area contributed by atoms with Crippen LogP contribution in [0.1, 0.15) is 26.3 Å². The van der Waals surface area contributed by atoms with E-state index in [1.165, 1.54) is 37.3 Å². The van der Waals surface area contributed by atoms with Gasteiger partial charge in [0.25, 0.3) is 0 Å². The molecule has 0 fully saturated rings. The molecule has 6 heteroatoms. The van der Waals surface area contributed by atoms with Gasteiger partial charge in [-0.15, -0.1) is 38.4 Å². The molecular weight excluding hydrogens is 472 g/mol. The van der Waals surface area contributed by atoms with Crippen molar-refractivity contribution in [1.29, 1.82) is 0 Å². The van der Waals surface area contributed by atoms with Crippen molar-refractivity contribution < 1.29 is 63.4 Å². The first kappa shape index (κ1) is 24.0. The first-order valence-electron chi connectivity index (χ1n) is 5.89. The molecule has 0 aromatic heterocycles. The molecule has 0 saturated carbocycles. The summed E-state index contributed by atoms with van der Waals surface area (Å²) in [5.41, 5.74) is 5.18. The molecule has 0 amide bonds. The molecule has 3 rings (SSSR count). The monoisotopic (exact) mass is 483 g/mol. The third kappa shape index (κ3) is 3.64. The predicted octanol–water partition coefficient (Wildman–Crippen LogP) is -6.64. The van der Waals surface area contributed by atoms with Crippen LogP contribution in [0.3, 0.4) is 0 Å². The molecule has 1 unspecified atom stereocenters. The molecule has 1 aromatic carbocycles. The zero-order valence-electron chi connectivity index (χ0n) is 12.2. The minimum absolute atomic E-state index is 0. The Balaban J connectivity index is 0. The maximum atomic E-state index is 3.76. The Morgan fingerprint density at radius 3 is 2.33 bits per heavy atom. The van der Waals surface area contributed by atoms with Crippen LogP contribution in [0.4, 0.5) is 5.69 Å². The molecule has 0 radical (unpaired) electrons. The van der Waals surface area contributed by atoms with Gasteiger partial charge >= 0.3 is 26.2 Å². The number of allylic oxidation sites excluding steroid dienone is 1. The van der Waals surface area contributed by atoms with Crippen LogP contribution in [-0.2, 0) is 26.2 Å². The van der Waals surface area contributed by atoms with Gasteiger partial charge in [0, 0.05) is 18.8 Å². The van der Waals surface area contributed by atoms with Gasteiger partial charge in [-0.3, -0.25) is 0 Å². The first-order valence-corrected chi connectivity index (χ1v) is 6.68. The van der Waals surface area contributed by atoms with E-state index in [0.717, 1.165) is 0 Å². The van der Waals surface area contributed by atoms with Crippen molar-refractivity contribution >= 4 is 33.3 Å². The third-order valence-electron chi connectivity index (χ3n) is 3.95. The molecule has 0 spiro atoms. The second-order valence-electron chi connectivity index (χ2n) is 4.97. The second-order valence-corrected chi connectivity index (χ2v) is 5.76. The topological polar surface area (TPSA) is 3.24 Å². The molecule has 0 N–H and O–H groups in total. The molecular formula is C15H15BrCl3NZr. The summed E-state index contributed by atoms with van der Waals surface area (Å²) in [6.45, 7) is 6.57. The van der Waals surface area contributed by atoms with Gasteiger partial charge in [-0.1, -0.05) is 18.6 Å². The number of rotatable bonds is 0. The van der Waals surface area contributed by atoms with E-state index in [1.807, 2.05) is 0 Å². The summed E-state index contributed by atoms with van der Waals surface area (Å²) in [5, 5.41) is 2.64. The number of benzene rings is 1. The van der Waals surface area contributed by atoms with Gasteiger partial charge in [0.1, 0.15) is 0 Å². The summed E-state index contributed by atoms with van der Waals surface area (Å²) in [6, 6.07) is 2.76. The van der Waals surface area contributed by atoms with Crippen LogP contribution >= 0.6 is 15.9 Å². The predicted molar refractivity (Wildman–Crippen MR) is 76.3 cm³/mol. The summed E-state index contributed by atoms with van der Waals surface area (Å²) in [7, 11) is 2.16. The molecule has 0 saturated heterocycles. The molecule has 1 atom stereocenters. The average Bonchev–Trinajstić information content (AvgIpc) is 2.75. The quantitative estimate of drug-likeness (QED) is 0.330. The summed E-state index contributed by atoms with van der Waals surface area (Å²) < 4.78 is 1.20. The number of hydrogen-bond acceptors (Lipinski definition) is 1. The minimum Gasteiger partial charge on any atom is -1.00 e. The van der Waals surface area contributed by atoms with Crippen LogP contribution in [0.5, 0.6) is 0 Å². The van der Waals surface area contributed by atoms with Crippen LogP contribution < -0.4 is 52.6 Å². The van der Waals surface area contributed by atoms with Crippen LogP contribution in [0.25, 0.3) is 11.6 Å². The van der Waals surface area contributed by atoms with Gasteiger partial charge in [-0.2, -0.15) is 6.08 Å². The van der Waals surface area contributed by atoms with Crippen molar-refractivity contribution in [3.63, 3.8) is 0 Å². The molecule has 2 aliphatic rings. The SMILES string of the molecule is CC1=[C-]c2c(Br)c3c(cc2=C1)N(C)C(C)C=3C.[Cl-].[Cl-].[Cl-].[Zr+4]. The van der Waals surface area contributed by atoms with E-state index in [9.17, 15) is 0 Å². The molecule has 1 aromatic rings. The summed E-state index contributed by atoms with van der Waals surface area (Å²) in [4.78, 5) is 2.34.